The molecule has 1 heterocycles. The molecule has 1 aromatic heterocycles. The van der Waals surface area contributed by atoms with Gasteiger partial charge in [0.05, 0.1) is 12.6 Å². The summed E-state index contributed by atoms with van der Waals surface area (Å²) in [7, 11) is 0. The number of hydrogen-bond donors (Lipinski definition) is 0. The van der Waals surface area contributed by atoms with Crippen molar-refractivity contribution in [2.45, 2.75) is 187 Å². The molecule has 0 spiro atoms. The number of aryl methyl sites for hydroxylation is 1. The maximum absolute atomic E-state index is 2.43. The van der Waals surface area contributed by atoms with E-state index in [9.17, 15) is 0 Å². The Labute approximate surface area is 215 Å². The van der Waals surface area contributed by atoms with Crippen LogP contribution in [0.25, 0.3) is 0 Å². The van der Waals surface area contributed by atoms with Crippen LogP contribution in [0.4, 0.5) is 0 Å². The molecule has 0 bridgehead atoms. The lowest BCUT2D eigenvalue weighted by molar-refractivity contribution is -0.697. The van der Waals surface area contributed by atoms with Crippen LogP contribution in [0.15, 0.2) is 18.7 Å². The average molecular weight is 476 g/mol. The van der Waals surface area contributed by atoms with E-state index in [4.69, 9.17) is 0 Å². The molecule has 0 amide bonds. The van der Waals surface area contributed by atoms with E-state index in [2.05, 4.69) is 48.6 Å². The van der Waals surface area contributed by atoms with E-state index in [0.717, 1.165) is 0 Å². The number of rotatable bonds is 26. The van der Waals surface area contributed by atoms with Crippen molar-refractivity contribution in [1.82, 2.24) is 4.57 Å². The summed E-state index contributed by atoms with van der Waals surface area (Å²) in [5, 5.41) is 0. The smallest absolute Gasteiger partial charge is 0.237 e. The fourth-order valence-corrected chi connectivity index (χ4v) is 5.19. The number of hydrogen-bond acceptors (Lipinski definition) is 0. The average Bonchev–Trinajstić information content (AvgIpc) is 3.32. The summed E-state index contributed by atoms with van der Waals surface area (Å²) in [6, 6.07) is 0.642. The number of aromatic nitrogens is 2. The van der Waals surface area contributed by atoms with Crippen LogP contribution in [0.5, 0.6) is 0 Å². The maximum atomic E-state index is 2.43. The minimum Gasteiger partial charge on any atom is -0.237 e. The first-order valence-electron chi connectivity index (χ1n) is 15.8. The van der Waals surface area contributed by atoms with Gasteiger partial charge in [0.2, 0.25) is 6.33 Å². The van der Waals surface area contributed by atoms with E-state index in [1.54, 1.807) is 0 Å². The first-order chi connectivity index (χ1) is 16.8. The van der Waals surface area contributed by atoms with Crippen molar-refractivity contribution in [3.05, 3.63) is 18.7 Å². The third-order valence-electron chi connectivity index (χ3n) is 7.72. The van der Waals surface area contributed by atoms with Crippen molar-refractivity contribution in [1.29, 1.82) is 0 Å². The second kappa shape index (κ2) is 23.9. The van der Waals surface area contributed by atoms with E-state index in [-0.39, 0.29) is 0 Å². The van der Waals surface area contributed by atoms with Gasteiger partial charge in [-0.3, -0.25) is 0 Å². The Morgan fingerprint density at radius 1 is 0.529 bits per heavy atom. The lowest BCUT2D eigenvalue weighted by Crippen LogP contribution is -2.31. The second-order valence-electron chi connectivity index (χ2n) is 11.2. The van der Waals surface area contributed by atoms with Crippen LogP contribution in [0, 0.1) is 0 Å². The molecule has 1 rings (SSSR count). The normalized spacial score (nSPS) is 12.4. The quantitative estimate of drug-likeness (QED) is 0.0930. The van der Waals surface area contributed by atoms with Crippen molar-refractivity contribution < 1.29 is 4.57 Å². The van der Waals surface area contributed by atoms with Crippen LogP contribution >= 0.6 is 0 Å². The highest BCUT2D eigenvalue weighted by atomic mass is 15.1. The summed E-state index contributed by atoms with van der Waals surface area (Å²) in [6.07, 6.45) is 41.2. The molecule has 34 heavy (non-hydrogen) atoms. The highest BCUT2D eigenvalue weighted by Crippen LogP contribution is 2.16. The third kappa shape index (κ3) is 18.5. The van der Waals surface area contributed by atoms with Gasteiger partial charge in [-0.2, -0.15) is 0 Å². The van der Waals surface area contributed by atoms with Gasteiger partial charge in [-0.15, -0.1) is 0 Å². The fraction of sp³-hybridized carbons (Fsp3) is 0.906. The number of imidazole rings is 1. The zero-order valence-electron chi connectivity index (χ0n) is 23.9. The molecular formula is C32H63N2+. The molecule has 0 aliphatic carbocycles. The highest BCUT2D eigenvalue weighted by Gasteiger charge is 2.11. The van der Waals surface area contributed by atoms with E-state index < -0.39 is 0 Å². The molecule has 0 N–H and O–H groups in total. The summed E-state index contributed by atoms with van der Waals surface area (Å²) in [6.45, 7) is 8.16. The standard InChI is InChI=1S/C32H63N2/c1-4-6-8-10-11-12-13-14-15-16-17-18-19-20-21-22-24-26-28-33-29-30-34(31-33)32(3)27-25-23-9-7-5-2/h29-32H,4-28H2,1-3H3/q+1. The topological polar surface area (TPSA) is 8.81 Å². The van der Waals surface area contributed by atoms with Crippen molar-refractivity contribution in [2.24, 2.45) is 0 Å². The lowest BCUT2D eigenvalue weighted by atomic mass is 10.0. The third-order valence-corrected chi connectivity index (χ3v) is 7.72. The van der Waals surface area contributed by atoms with Gasteiger partial charge >= 0.3 is 0 Å². The van der Waals surface area contributed by atoms with Gasteiger partial charge in [0.25, 0.3) is 0 Å². The van der Waals surface area contributed by atoms with Crippen molar-refractivity contribution >= 4 is 0 Å². The SMILES string of the molecule is CCCCCCCCCCCCCCCCCCCC[n+]1ccn(C(C)CCCCCCC)c1. The van der Waals surface area contributed by atoms with Gasteiger partial charge in [-0.25, -0.2) is 9.13 Å². The first kappa shape index (κ1) is 31.2. The van der Waals surface area contributed by atoms with Crippen LogP contribution in [-0.2, 0) is 6.54 Å². The molecule has 0 radical (unpaired) electrons. The minimum atomic E-state index is 0.642. The van der Waals surface area contributed by atoms with Crippen LogP contribution in [0.3, 0.4) is 0 Å². The number of unbranched alkanes of at least 4 members (excludes halogenated alkanes) is 21. The molecule has 1 aromatic rings. The Balaban J connectivity index is 1.84. The lowest BCUT2D eigenvalue weighted by Gasteiger charge is -2.07. The predicted molar refractivity (Wildman–Crippen MR) is 151 cm³/mol. The monoisotopic (exact) mass is 475 g/mol. The van der Waals surface area contributed by atoms with Crippen LogP contribution in [0.1, 0.15) is 181 Å². The first-order valence-corrected chi connectivity index (χ1v) is 15.8. The molecule has 0 aromatic carbocycles. The molecule has 0 fully saturated rings. The Bertz CT molecular complexity index is 521. The molecule has 200 valence electrons. The molecule has 2 nitrogen and oxygen atoms in total. The maximum Gasteiger partial charge on any atom is 0.243 e. The molecule has 1 atom stereocenters. The van der Waals surface area contributed by atoms with E-state index >= 15 is 0 Å². The Morgan fingerprint density at radius 3 is 1.35 bits per heavy atom. The van der Waals surface area contributed by atoms with Crippen molar-refractivity contribution in [2.75, 3.05) is 0 Å². The predicted octanol–water partition coefficient (Wildman–Crippen LogP) is 10.7. The van der Waals surface area contributed by atoms with Gasteiger partial charge in [0.15, 0.2) is 0 Å². The highest BCUT2D eigenvalue weighted by molar-refractivity contribution is 4.72. The van der Waals surface area contributed by atoms with E-state index in [1.807, 2.05) is 0 Å². The zero-order chi connectivity index (χ0) is 24.5. The molecule has 0 aliphatic rings. The molecule has 0 saturated carbocycles. The Hall–Kier alpha value is -0.790. The van der Waals surface area contributed by atoms with Crippen molar-refractivity contribution in [3.8, 4) is 0 Å². The van der Waals surface area contributed by atoms with Crippen LogP contribution in [-0.4, -0.2) is 4.57 Å². The van der Waals surface area contributed by atoms with Crippen molar-refractivity contribution in [3.63, 3.8) is 0 Å². The van der Waals surface area contributed by atoms with Crippen LogP contribution in [0.2, 0.25) is 0 Å². The molecule has 2 heteroatoms. The fourth-order valence-electron chi connectivity index (χ4n) is 5.19. The minimum absolute atomic E-state index is 0.642. The molecular weight excluding hydrogens is 412 g/mol. The summed E-state index contributed by atoms with van der Waals surface area (Å²) in [5.41, 5.74) is 0. The molecule has 0 aliphatic heterocycles. The van der Waals surface area contributed by atoms with E-state index in [1.165, 1.54) is 161 Å². The second-order valence-corrected chi connectivity index (χ2v) is 11.2. The largest absolute Gasteiger partial charge is 0.243 e. The Morgan fingerprint density at radius 2 is 0.912 bits per heavy atom. The van der Waals surface area contributed by atoms with Gasteiger partial charge in [-0.05, 0) is 32.6 Å². The Kier molecular flexibility index (Phi) is 22.0. The van der Waals surface area contributed by atoms with Crippen LogP contribution < -0.4 is 4.57 Å². The molecule has 0 saturated heterocycles. The zero-order valence-corrected chi connectivity index (χ0v) is 23.9. The summed E-state index contributed by atoms with van der Waals surface area (Å²) >= 11 is 0. The van der Waals surface area contributed by atoms with Gasteiger partial charge in [0, 0.05) is 0 Å². The summed E-state index contributed by atoms with van der Waals surface area (Å²) in [4.78, 5) is 0. The van der Waals surface area contributed by atoms with E-state index in [0.29, 0.717) is 6.04 Å². The number of nitrogens with zero attached hydrogens (tertiary/aromatic N) is 2. The summed E-state index contributed by atoms with van der Waals surface area (Å²) < 4.78 is 4.83. The van der Waals surface area contributed by atoms with Gasteiger partial charge in [-0.1, -0.05) is 142 Å². The van der Waals surface area contributed by atoms with Gasteiger partial charge in [0.1, 0.15) is 12.4 Å². The molecule has 1 unspecified atom stereocenters. The summed E-state index contributed by atoms with van der Waals surface area (Å²) in [5.74, 6) is 0. The van der Waals surface area contributed by atoms with Gasteiger partial charge < -0.3 is 0 Å².